The van der Waals surface area contributed by atoms with E-state index >= 15 is 0 Å². The normalized spacial score (nSPS) is 27.1. The van der Waals surface area contributed by atoms with Crippen molar-refractivity contribution in [1.82, 2.24) is 0 Å². The van der Waals surface area contributed by atoms with E-state index in [1.54, 1.807) is 12.2 Å². The molecule has 1 aliphatic carbocycles. The fourth-order valence-electron chi connectivity index (χ4n) is 1.82. The SMILES string of the molecule is CCOCC1COC2=C(CC(C(=O)O)C=C2)O1. The lowest BCUT2D eigenvalue weighted by molar-refractivity contribution is -0.140. The van der Waals surface area contributed by atoms with E-state index in [9.17, 15) is 4.79 Å². The van der Waals surface area contributed by atoms with E-state index in [4.69, 9.17) is 19.3 Å². The van der Waals surface area contributed by atoms with Crippen molar-refractivity contribution < 1.29 is 24.1 Å². The van der Waals surface area contributed by atoms with Crippen LogP contribution in [0, 0.1) is 5.92 Å². The number of allylic oxidation sites excluding steroid dienone is 2. The van der Waals surface area contributed by atoms with Crippen LogP contribution in [-0.2, 0) is 19.0 Å². The van der Waals surface area contributed by atoms with Crippen LogP contribution in [0.4, 0.5) is 0 Å². The zero-order valence-electron chi connectivity index (χ0n) is 9.72. The molecule has 0 aromatic rings. The highest BCUT2D eigenvalue weighted by Crippen LogP contribution is 2.29. The zero-order valence-corrected chi connectivity index (χ0v) is 9.72. The van der Waals surface area contributed by atoms with Gasteiger partial charge in [-0.15, -0.1) is 0 Å². The van der Waals surface area contributed by atoms with Gasteiger partial charge in [-0.3, -0.25) is 4.79 Å². The highest BCUT2D eigenvalue weighted by molar-refractivity contribution is 5.73. The summed E-state index contributed by atoms with van der Waals surface area (Å²) in [6.07, 6.45) is 3.51. The maximum absolute atomic E-state index is 10.9. The molecule has 0 amide bonds. The van der Waals surface area contributed by atoms with E-state index in [1.807, 2.05) is 6.92 Å². The second-order valence-electron chi connectivity index (χ2n) is 4.01. The summed E-state index contributed by atoms with van der Waals surface area (Å²) in [6.45, 7) is 3.46. The number of carboxylic acid groups (broad SMARTS) is 1. The molecule has 0 radical (unpaired) electrons. The molecule has 1 aliphatic heterocycles. The van der Waals surface area contributed by atoms with Crippen molar-refractivity contribution >= 4 is 5.97 Å². The van der Waals surface area contributed by atoms with Gasteiger partial charge in [-0.05, 0) is 13.0 Å². The molecule has 0 aromatic heterocycles. The summed E-state index contributed by atoms with van der Waals surface area (Å²) < 4.78 is 16.5. The van der Waals surface area contributed by atoms with Gasteiger partial charge < -0.3 is 19.3 Å². The van der Waals surface area contributed by atoms with Gasteiger partial charge in [0.1, 0.15) is 12.4 Å². The minimum Gasteiger partial charge on any atom is -0.486 e. The molecule has 5 heteroatoms. The average Bonchev–Trinajstić information content (AvgIpc) is 2.35. The van der Waals surface area contributed by atoms with Crippen LogP contribution in [0.5, 0.6) is 0 Å². The first kappa shape index (κ1) is 12.0. The van der Waals surface area contributed by atoms with Crippen LogP contribution in [0.25, 0.3) is 0 Å². The van der Waals surface area contributed by atoms with Crippen LogP contribution in [-0.4, -0.2) is 37.0 Å². The first-order chi connectivity index (χ1) is 8.20. The van der Waals surface area contributed by atoms with Crippen molar-refractivity contribution in [3.63, 3.8) is 0 Å². The Kier molecular flexibility index (Phi) is 3.68. The Morgan fingerprint density at radius 2 is 2.47 bits per heavy atom. The van der Waals surface area contributed by atoms with Crippen LogP contribution < -0.4 is 0 Å². The summed E-state index contributed by atoms with van der Waals surface area (Å²) in [6, 6.07) is 0. The summed E-state index contributed by atoms with van der Waals surface area (Å²) in [5.74, 6) is -0.0994. The van der Waals surface area contributed by atoms with Crippen LogP contribution >= 0.6 is 0 Å². The van der Waals surface area contributed by atoms with E-state index in [0.29, 0.717) is 37.8 Å². The molecule has 0 fully saturated rings. The highest BCUT2D eigenvalue weighted by atomic mass is 16.6. The van der Waals surface area contributed by atoms with Crippen LogP contribution in [0.2, 0.25) is 0 Å². The van der Waals surface area contributed by atoms with Gasteiger partial charge in [0.25, 0.3) is 0 Å². The summed E-state index contributed by atoms with van der Waals surface area (Å²) in [5.41, 5.74) is 0. The Morgan fingerprint density at radius 1 is 1.65 bits per heavy atom. The van der Waals surface area contributed by atoms with Gasteiger partial charge in [0, 0.05) is 13.0 Å². The molecule has 0 bridgehead atoms. The maximum Gasteiger partial charge on any atom is 0.310 e. The van der Waals surface area contributed by atoms with Gasteiger partial charge in [0.2, 0.25) is 0 Å². The Morgan fingerprint density at radius 3 is 3.18 bits per heavy atom. The monoisotopic (exact) mass is 240 g/mol. The Bertz CT molecular complexity index is 358. The molecule has 2 rings (SSSR count). The molecule has 17 heavy (non-hydrogen) atoms. The van der Waals surface area contributed by atoms with Gasteiger partial charge in [0.05, 0.1) is 12.5 Å². The molecule has 0 spiro atoms. The number of carbonyl (C=O) groups is 1. The van der Waals surface area contributed by atoms with Crippen LogP contribution in [0.1, 0.15) is 13.3 Å². The minimum atomic E-state index is -0.844. The smallest absolute Gasteiger partial charge is 0.310 e. The van der Waals surface area contributed by atoms with Crippen LogP contribution in [0.3, 0.4) is 0 Å². The molecule has 0 aromatic carbocycles. The molecular weight excluding hydrogens is 224 g/mol. The number of rotatable bonds is 4. The van der Waals surface area contributed by atoms with E-state index in [2.05, 4.69) is 0 Å². The Hall–Kier alpha value is -1.49. The molecule has 1 N–H and O–H groups in total. The summed E-state index contributed by atoms with van der Waals surface area (Å²) in [4.78, 5) is 10.9. The number of hydrogen-bond acceptors (Lipinski definition) is 4. The second-order valence-corrected chi connectivity index (χ2v) is 4.01. The Balaban J connectivity index is 1.97. The summed E-state index contributed by atoms with van der Waals surface area (Å²) in [5, 5.41) is 8.94. The molecule has 2 atom stereocenters. The molecular formula is C12H16O5. The van der Waals surface area contributed by atoms with Gasteiger partial charge in [-0.25, -0.2) is 0 Å². The third-order valence-electron chi connectivity index (χ3n) is 2.72. The van der Waals surface area contributed by atoms with E-state index in [-0.39, 0.29) is 6.10 Å². The van der Waals surface area contributed by atoms with Gasteiger partial charge in [-0.2, -0.15) is 0 Å². The van der Waals surface area contributed by atoms with Gasteiger partial charge in [0.15, 0.2) is 11.9 Å². The first-order valence-corrected chi connectivity index (χ1v) is 5.72. The number of aliphatic carboxylic acids is 1. The van der Waals surface area contributed by atoms with Crippen molar-refractivity contribution in [3.05, 3.63) is 23.7 Å². The Labute approximate surface area is 99.7 Å². The highest BCUT2D eigenvalue weighted by Gasteiger charge is 2.29. The molecule has 0 saturated heterocycles. The predicted molar refractivity (Wildman–Crippen MR) is 59.2 cm³/mol. The lowest BCUT2D eigenvalue weighted by atomic mass is 9.98. The topological polar surface area (TPSA) is 65.0 Å². The fourth-order valence-corrected chi connectivity index (χ4v) is 1.82. The van der Waals surface area contributed by atoms with E-state index < -0.39 is 11.9 Å². The quantitative estimate of drug-likeness (QED) is 0.802. The van der Waals surface area contributed by atoms with Gasteiger partial charge >= 0.3 is 5.97 Å². The molecule has 2 unspecified atom stereocenters. The standard InChI is InChI=1S/C12H16O5/c1-2-15-6-9-7-16-10-4-3-8(12(13)14)5-11(10)17-9/h3-4,8-9H,2,5-7H2,1H3,(H,13,14). The molecule has 5 nitrogen and oxygen atoms in total. The van der Waals surface area contributed by atoms with Crippen molar-refractivity contribution in [1.29, 1.82) is 0 Å². The maximum atomic E-state index is 10.9. The third-order valence-corrected chi connectivity index (χ3v) is 2.72. The largest absolute Gasteiger partial charge is 0.486 e. The third kappa shape index (κ3) is 2.79. The fraction of sp³-hybridized carbons (Fsp3) is 0.583. The molecule has 1 heterocycles. The number of hydrogen-bond donors (Lipinski definition) is 1. The zero-order chi connectivity index (χ0) is 12.3. The minimum absolute atomic E-state index is 0.144. The lowest BCUT2D eigenvalue weighted by Gasteiger charge is -2.30. The van der Waals surface area contributed by atoms with Crippen molar-refractivity contribution in [3.8, 4) is 0 Å². The molecule has 94 valence electrons. The van der Waals surface area contributed by atoms with Gasteiger partial charge in [-0.1, -0.05) is 6.08 Å². The van der Waals surface area contributed by atoms with Crippen molar-refractivity contribution in [2.24, 2.45) is 5.92 Å². The predicted octanol–water partition coefficient (Wildman–Crippen LogP) is 1.31. The number of ether oxygens (including phenoxy) is 3. The van der Waals surface area contributed by atoms with E-state index in [1.165, 1.54) is 0 Å². The molecule has 0 saturated carbocycles. The van der Waals surface area contributed by atoms with Crippen molar-refractivity contribution in [2.45, 2.75) is 19.4 Å². The summed E-state index contributed by atoms with van der Waals surface area (Å²) in [7, 11) is 0. The first-order valence-electron chi connectivity index (χ1n) is 5.72. The lowest BCUT2D eigenvalue weighted by Crippen LogP contribution is -2.32. The van der Waals surface area contributed by atoms with Crippen molar-refractivity contribution in [2.75, 3.05) is 19.8 Å². The number of carboxylic acids is 1. The second kappa shape index (κ2) is 5.23. The molecule has 2 aliphatic rings. The summed E-state index contributed by atoms with van der Waals surface area (Å²) >= 11 is 0. The van der Waals surface area contributed by atoms with E-state index in [0.717, 1.165) is 0 Å². The average molecular weight is 240 g/mol. The van der Waals surface area contributed by atoms with Crippen LogP contribution in [0.15, 0.2) is 23.7 Å².